The molecule has 110 valence electrons. The zero-order valence-electron chi connectivity index (χ0n) is 11.8. The number of sulfonamides is 1. The summed E-state index contributed by atoms with van der Waals surface area (Å²) in [5.74, 6) is 0.654. The summed E-state index contributed by atoms with van der Waals surface area (Å²) in [7, 11) is -3.55. The van der Waals surface area contributed by atoms with Crippen LogP contribution in [0.1, 0.15) is 31.3 Å². The number of rotatable bonds is 6. The molecule has 0 amide bonds. The lowest BCUT2D eigenvalue weighted by Crippen LogP contribution is -2.30. The number of aromatic nitrogens is 4. The van der Waals surface area contributed by atoms with Gasteiger partial charge in [-0.15, -0.1) is 0 Å². The first-order valence-corrected chi connectivity index (χ1v) is 7.95. The molecule has 0 bridgehead atoms. The molecule has 1 atom stereocenters. The molecule has 2 rings (SSSR count). The van der Waals surface area contributed by atoms with E-state index in [1.165, 1.54) is 6.20 Å². The largest absolute Gasteiger partial charge is 0.332 e. The number of hydrogen-bond acceptors (Lipinski definition) is 4. The summed E-state index contributed by atoms with van der Waals surface area (Å²) in [6.07, 6.45) is 5.63. The summed E-state index contributed by atoms with van der Waals surface area (Å²) in [5.41, 5.74) is 1.04. The Kier molecular flexibility index (Phi) is 4.24. The summed E-state index contributed by atoms with van der Waals surface area (Å²) in [5, 5.41) is 4.26. The summed E-state index contributed by atoms with van der Waals surface area (Å²) in [4.78, 5) is 6.78. The Labute approximate surface area is 118 Å². The van der Waals surface area contributed by atoms with Gasteiger partial charge in [-0.25, -0.2) is 18.1 Å². The van der Waals surface area contributed by atoms with Crippen LogP contribution < -0.4 is 4.72 Å². The Hall–Kier alpha value is -1.67. The number of hydrogen-bond donors (Lipinski definition) is 2. The van der Waals surface area contributed by atoms with Gasteiger partial charge in [0.15, 0.2) is 5.03 Å². The van der Waals surface area contributed by atoms with Crippen LogP contribution in [0.2, 0.25) is 0 Å². The molecule has 0 saturated carbocycles. The fraction of sp³-hybridized carbons (Fsp3) is 0.500. The van der Waals surface area contributed by atoms with Gasteiger partial charge in [-0.05, 0) is 19.4 Å². The molecule has 0 saturated heterocycles. The lowest BCUT2D eigenvalue weighted by Gasteiger charge is -2.12. The van der Waals surface area contributed by atoms with Gasteiger partial charge >= 0.3 is 0 Å². The predicted octanol–water partition coefficient (Wildman–Crippen LogP) is 1.02. The van der Waals surface area contributed by atoms with Crippen molar-refractivity contribution < 1.29 is 8.42 Å². The monoisotopic (exact) mass is 297 g/mol. The van der Waals surface area contributed by atoms with Crippen molar-refractivity contribution in [2.75, 3.05) is 6.54 Å². The van der Waals surface area contributed by atoms with E-state index in [9.17, 15) is 8.42 Å². The molecule has 0 aliphatic rings. The minimum Gasteiger partial charge on any atom is -0.332 e. The summed E-state index contributed by atoms with van der Waals surface area (Å²) in [6.45, 7) is 6.02. The zero-order chi connectivity index (χ0) is 14.8. The van der Waals surface area contributed by atoms with Gasteiger partial charge in [0.05, 0.1) is 18.4 Å². The molecule has 20 heavy (non-hydrogen) atoms. The molecular formula is C12H19N5O2S. The fourth-order valence-electron chi connectivity index (χ4n) is 1.74. The maximum atomic E-state index is 12.1. The standard InChI is InChI=1S/C12H19N5O2S/c1-4-11-13-7-12(16-11)20(18,19)15-6-10(3)17-8-9(2)5-14-17/h5,7-8,10,15H,4,6H2,1-3H3,(H,13,16). The van der Waals surface area contributed by atoms with E-state index in [4.69, 9.17) is 0 Å². The first-order chi connectivity index (χ1) is 9.42. The van der Waals surface area contributed by atoms with Gasteiger partial charge in [-0.2, -0.15) is 5.10 Å². The van der Waals surface area contributed by atoms with E-state index in [2.05, 4.69) is 19.8 Å². The van der Waals surface area contributed by atoms with E-state index < -0.39 is 10.0 Å². The SMILES string of the molecule is CCc1ncc(S(=O)(=O)NCC(C)n2cc(C)cn2)[nH]1. The van der Waals surface area contributed by atoms with Crippen molar-refractivity contribution in [1.29, 1.82) is 0 Å². The van der Waals surface area contributed by atoms with Crippen LogP contribution in [0.5, 0.6) is 0 Å². The molecule has 0 aromatic carbocycles. The zero-order valence-corrected chi connectivity index (χ0v) is 12.6. The van der Waals surface area contributed by atoms with Crippen LogP contribution in [0.15, 0.2) is 23.6 Å². The van der Waals surface area contributed by atoms with Gasteiger partial charge in [0, 0.05) is 19.2 Å². The van der Waals surface area contributed by atoms with Gasteiger partial charge < -0.3 is 4.98 Å². The van der Waals surface area contributed by atoms with Crippen molar-refractivity contribution in [1.82, 2.24) is 24.5 Å². The number of H-pyrrole nitrogens is 1. The van der Waals surface area contributed by atoms with Crippen molar-refractivity contribution >= 4 is 10.0 Å². The molecule has 2 aromatic rings. The molecule has 8 heteroatoms. The fourth-order valence-corrected chi connectivity index (χ4v) is 2.79. The lowest BCUT2D eigenvalue weighted by molar-refractivity contribution is 0.478. The minimum absolute atomic E-state index is 0.0629. The first-order valence-electron chi connectivity index (χ1n) is 6.46. The molecule has 2 heterocycles. The Morgan fingerprint density at radius 3 is 2.75 bits per heavy atom. The highest BCUT2D eigenvalue weighted by Gasteiger charge is 2.18. The van der Waals surface area contributed by atoms with Crippen LogP contribution in [-0.4, -0.2) is 34.7 Å². The molecule has 1 unspecified atom stereocenters. The molecule has 2 N–H and O–H groups in total. The molecule has 0 radical (unpaired) electrons. The average molecular weight is 297 g/mol. The smallest absolute Gasteiger partial charge is 0.257 e. The molecule has 0 aliphatic heterocycles. The van der Waals surface area contributed by atoms with Crippen molar-refractivity contribution in [3.63, 3.8) is 0 Å². The second-order valence-corrected chi connectivity index (χ2v) is 6.48. The highest BCUT2D eigenvalue weighted by Crippen LogP contribution is 2.09. The maximum absolute atomic E-state index is 12.1. The Balaban J connectivity index is 2.02. The molecular weight excluding hydrogens is 278 g/mol. The van der Waals surface area contributed by atoms with E-state index >= 15 is 0 Å². The topological polar surface area (TPSA) is 92.7 Å². The van der Waals surface area contributed by atoms with E-state index in [0.29, 0.717) is 12.2 Å². The van der Waals surface area contributed by atoms with E-state index in [1.807, 2.05) is 27.0 Å². The Morgan fingerprint density at radius 2 is 2.20 bits per heavy atom. The lowest BCUT2D eigenvalue weighted by atomic mass is 10.3. The quantitative estimate of drug-likeness (QED) is 0.832. The second-order valence-electron chi connectivity index (χ2n) is 4.75. The Morgan fingerprint density at radius 1 is 1.45 bits per heavy atom. The van der Waals surface area contributed by atoms with Crippen LogP contribution in [0.3, 0.4) is 0 Å². The van der Waals surface area contributed by atoms with Gasteiger partial charge in [-0.1, -0.05) is 6.92 Å². The summed E-state index contributed by atoms with van der Waals surface area (Å²) < 4.78 is 28.5. The highest BCUT2D eigenvalue weighted by atomic mass is 32.2. The van der Waals surface area contributed by atoms with Gasteiger partial charge in [-0.3, -0.25) is 4.68 Å². The molecule has 0 aliphatic carbocycles. The summed E-state index contributed by atoms with van der Waals surface area (Å²) in [6, 6.07) is -0.0629. The first kappa shape index (κ1) is 14.7. The van der Waals surface area contributed by atoms with Crippen LogP contribution in [0.25, 0.3) is 0 Å². The van der Waals surface area contributed by atoms with E-state index in [-0.39, 0.29) is 17.6 Å². The third kappa shape index (κ3) is 3.26. The third-order valence-electron chi connectivity index (χ3n) is 2.98. The van der Waals surface area contributed by atoms with Crippen molar-refractivity contribution in [3.8, 4) is 0 Å². The highest BCUT2D eigenvalue weighted by molar-refractivity contribution is 7.89. The minimum atomic E-state index is -3.55. The van der Waals surface area contributed by atoms with Crippen molar-refractivity contribution in [2.24, 2.45) is 0 Å². The molecule has 7 nitrogen and oxygen atoms in total. The van der Waals surface area contributed by atoms with Crippen LogP contribution in [0, 0.1) is 6.92 Å². The summed E-state index contributed by atoms with van der Waals surface area (Å²) >= 11 is 0. The Bertz CT molecular complexity index is 674. The average Bonchev–Trinajstić information content (AvgIpc) is 3.04. The van der Waals surface area contributed by atoms with E-state index in [0.717, 1.165) is 5.56 Å². The predicted molar refractivity (Wildman–Crippen MR) is 74.8 cm³/mol. The van der Waals surface area contributed by atoms with Crippen LogP contribution in [0.4, 0.5) is 0 Å². The number of aryl methyl sites for hydroxylation is 2. The molecule has 0 spiro atoms. The van der Waals surface area contributed by atoms with Gasteiger partial charge in [0.25, 0.3) is 10.0 Å². The van der Waals surface area contributed by atoms with Crippen molar-refractivity contribution in [3.05, 3.63) is 30.0 Å². The molecule has 2 aromatic heterocycles. The number of imidazole rings is 1. The van der Waals surface area contributed by atoms with Gasteiger partial charge in [0.1, 0.15) is 5.82 Å². The molecule has 0 fully saturated rings. The van der Waals surface area contributed by atoms with Crippen molar-refractivity contribution in [2.45, 2.75) is 38.3 Å². The van der Waals surface area contributed by atoms with Gasteiger partial charge in [0.2, 0.25) is 0 Å². The van der Waals surface area contributed by atoms with Crippen LogP contribution >= 0.6 is 0 Å². The van der Waals surface area contributed by atoms with E-state index in [1.54, 1.807) is 10.9 Å². The number of aromatic amines is 1. The second kappa shape index (κ2) is 5.76. The number of nitrogens with zero attached hydrogens (tertiary/aromatic N) is 3. The maximum Gasteiger partial charge on any atom is 0.257 e. The van der Waals surface area contributed by atoms with Crippen LogP contribution in [-0.2, 0) is 16.4 Å². The normalized spacial score (nSPS) is 13.6. The number of nitrogens with one attached hydrogen (secondary N) is 2. The third-order valence-corrected chi connectivity index (χ3v) is 4.31.